The van der Waals surface area contributed by atoms with Crippen molar-refractivity contribution in [1.29, 1.82) is 0 Å². The van der Waals surface area contributed by atoms with E-state index < -0.39 is 12.5 Å². The lowest BCUT2D eigenvalue weighted by Crippen LogP contribution is -2.12. The van der Waals surface area contributed by atoms with Crippen molar-refractivity contribution in [3.63, 3.8) is 0 Å². The Hall–Kier alpha value is -0.130. The van der Waals surface area contributed by atoms with Crippen molar-refractivity contribution in [2.45, 2.75) is 18.9 Å². The van der Waals surface area contributed by atoms with Crippen LogP contribution >= 0.6 is 28.3 Å². The summed E-state index contributed by atoms with van der Waals surface area (Å²) in [6.07, 6.45) is -2.77. The molecule has 6 heteroatoms. The van der Waals surface area contributed by atoms with Gasteiger partial charge < -0.3 is 10.2 Å². The van der Waals surface area contributed by atoms with Gasteiger partial charge in [-0.15, -0.1) is 12.4 Å². The second kappa shape index (κ2) is 5.57. The molecule has 0 aliphatic heterocycles. The zero-order valence-corrected chi connectivity index (χ0v) is 8.95. The van der Waals surface area contributed by atoms with Crippen molar-refractivity contribution in [3.8, 4) is 0 Å². The van der Waals surface area contributed by atoms with E-state index in [0.717, 1.165) is 0 Å². The van der Waals surface area contributed by atoms with Crippen LogP contribution in [0.5, 0.6) is 0 Å². The van der Waals surface area contributed by atoms with Gasteiger partial charge in [0, 0.05) is 6.42 Å². The van der Waals surface area contributed by atoms with Crippen LogP contribution in [0.3, 0.4) is 0 Å². The Labute approximate surface area is 89.0 Å². The summed E-state index contributed by atoms with van der Waals surface area (Å²) in [4.78, 5) is 0. The maximum absolute atomic E-state index is 11.8. The van der Waals surface area contributed by atoms with Gasteiger partial charge in [0.05, 0.1) is 6.04 Å². The molecule has 1 rings (SSSR count). The van der Waals surface area contributed by atoms with Gasteiger partial charge in [0.1, 0.15) is 5.76 Å². The van der Waals surface area contributed by atoms with Crippen molar-refractivity contribution in [3.05, 3.63) is 22.6 Å². The molecular weight excluding hydrogens is 267 g/mol. The lowest BCUT2D eigenvalue weighted by atomic mass is 10.2. The molecule has 0 aromatic carbocycles. The van der Waals surface area contributed by atoms with E-state index in [1.54, 1.807) is 12.1 Å². The topological polar surface area (TPSA) is 39.2 Å². The van der Waals surface area contributed by atoms with Crippen molar-refractivity contribution in [2.24, 2.45) is 5.73 Å². The smallest absolute Gasteiger partial charge is 0.240 e. The quantitative estimate of drug-likeness (QED) is 0.921. The zero-order chi connectivity index (χ0) is 9.14. The fraction of sp³-hybridized carbons (Fsp3) is 0.429. The van der Waals surface area contributed by atoms with Crippen molar-refractivity contribution < 1.29 is 13.2 Å². The normalized spacial score (nSPS) is 12.7. The summed E-state index contributed by atoms with van der Waals surface area (Å²) in [6.45, 7) is 0. The molecule has 0 radical (unpaired) electrons. The first-order valence-electron chi connectivity index (χ1n) is 3.38. The van der Waals surface area contributed by atoms with E-state index in [2.05, 4.69) is 15.9 Å². The van der Waals surface area contributed by atoms with E-state index in [4.69, 9.17) is 10.2 Å². The van der Waals surface area contributed by atoms with Crippen molar-refractivity contribution in [2.75, 3.05) is 0 Å². The molecule has 0 fully saturated rings. The molecular formula is C7H9BrClF2NO. The molecule has 76 valence electrons. The van der Waals surface area contributed by atoms with Crippen LogP contribution < -0.4 is 5.73 Å². The number of nitrogens with two attached hydrogens (primary N) is 1. The molecule has 0 bridgehead atoms. The number of furan rings is 1. The Morgan fingerprint density at radius 3 is 2.46 bits per heavy atom. The first kappa shape index (κ1) is 12.9. The van der Waals surface area contributed by atoms with Crippen LogP contribution in [-0.4, -0.2) is 6.43 Å². The number of halogens is 4. The predicted molar refractivity (Wildman–Crippen MR) is 51.2 cm³/mol. The summed E-state index contributed by atoms with van der Waals surface area (Å²) < 4.78 is 29.2. The van der Waals surface area contributed by atoms with Gasteiger partial charge >= 0.3 is 0 Å². The number of hydrogen-bond acceptors (Lipinski definition) is 2. The van der Waals surface area contributed by atoms with E-state index >= 15 is 0 Å². The summed E-state index contributed by atoms with van der Waals surface area (Å²) in [6, 6.07) is 2.48. The highest BCUT2D eigenvalue weighted by atomic mass is 79.9. The molecule has 0 spiro atoms. The third-order valence-electron chi connectivity index (χ3n) is 1.39. The Balaban J connectivity index is 0.00000144. The second-order valence-electron chi connectivity index (χ2n) is 2.38. The van der Waals surface area contributed by atoms with Crippen LogP contribution in [0.2, 0.25) is 0 Å². The van der Waals surface area contributed by atoms with Gasteiger partial charge in [0.2, 0.25) is 6.43 Å². The molecule has 1 aromatic heterocycles. The van der Waals surface area contributed by atoms with Crippen LogP contribution in [0.1, 0.15) is 18.2 Å². The lowest BCUT2D eigenvalue weighted by Gasteiger charge is -2.06. The van der Waals surface area contributed by atoms with Gasteiger partial charge in [-0.25, -0.2) is 8.78 Å². The average Bonchev–Trinajstić information content (AvgIpc) is 2.34. The van der Waals surface area contributed by atoms with Gasteiger partial charge in [-0.2, -0.15) is 0 Å². The minimum absolute atomic E-state index is 0. The van der Waals surface area contributed by atoms with Gasteiger partial charge in [0.15, 0.2) is 4.67 Å². The van der Waals surface area contributed by atoms with Crippen molar-refractivity contribution >= 4 is 28.3 Å². The lowest BCUT2D eigenvalue weighted by molar-refractivity contribution is 0.124. The van der Waals surface area contributed by atoms with Crippen molar-refractivity contribution in [1.82, 2.24) is 0 Å². The minimum atomic E-state index is -2.40. The van der Waals surface area contributed by atoms with E-state index in [9.17, 15) is 8.78 Å². The molecule has 1 atom stereocenters. The maximum Gasteiger partial charge on any atom is 0.240 e. The van der Waals surface area contributed by atoms with Crippen LogP contribution in [0, 0.1) is 0 Å². The summed E-state index contributed by atoms with van der Waals surface area (Å²) in [7, 11) is 0. The Kier molecular flexibility index (Phi) is 5.51. The summed E-state index contributed by atoms with van der Waals surface area (Å²) in [5.74, 6) is 0.377. The molecule has 0 saturated heterocycles. The monoisotopic (exact) mass is 275 g/mol. The highest BCUT2D eigenvalue weighted by molar-refractivity contribution is 9.10. The van der Waals surface area contributed by atoms with Gasteiger partial charge in [-0.05, 0) is 28.1 Å². The molecule has 13 heavy (non-hydrogen) atoms. The Morgan fingerprint density at radius 2 is 2.08 bits per heavy atom. The first-order valence-corrected chi connectivity index (χ1v) is 4.18. The van der Waals surface area contributed by atoms with E-state index in [1.807, 2.05) is 0 Å². The summed E-state index contributed by atoms with van der Waals surface area (Å²) in [5, 5.41) is 0. The van der Waals surface area contributed by atoms with E-state index in [0.29, 0.717) is 10.4 Å². The molecule has 0 amide bonds. The van der Waals surface area contributed by atoms with Crippen LogP contribution in [0.4, 0.5) is 8.78 Å². The van der Waals surface area contributed by atoms with Crippen LogP contribution in [0.25, 0.3) is 0 Å². The molecule has 0 aliphatic carbocycles. The highest BCUT2D eigenvalue weighted by Crippen LogP contribution is 2.22. The fourth-order valence-corrected chi connectivity index (χ4v) is 1.15. The standard InChI is InChI=1S/C7H8BrF2NO.ClH/c8-6-2-1-5(12-6)4(11)3-7(9)10;/h1-2,4,7H,3,11H2;1H/t4-;/m0./s1. The number of alkyl halides is 2. The third kappa shape index (κ3) is 4.06. The fourth-order valence-electron chi connectivity index (χ4n) is 0.836. The largest absolute Gasteiger partial charge is 0.453 e. The highest BCUT2D eigenvalue weighted by Gasteiger charge is 2.15. The maximum atomic E-state index is 11.8. The molecule has 1 heterocycles. The molecule has 2 nitrogen and oxygen atoms in total. The van der Waals surface area contributed by atoms with Crippen LogP contribution in [-0.2, 0) is 0 Å². The molecule has 0 aliphatic rings. The van der Waals surface area contributed by atoms with Gasteiger partial charge in [-0.3, -0.25) is 0 Å². The predicted octanol–water partition coefficient (Wildman–Crippen LogP) is 3.12. The van der Waals surface area contributed by atoms with Crippen LogP contribution in [0.15, 0.2) is 21.2 Å². The molecule has 0 unspecified atom stereocenters. The first-order chi connectivity index (χ1) is 5.59. The van der Waals surface area contributed by atoms with E-state index in [1.165, 1.54) is 0 Å². The Bertz CT molecular complexity index is 256. The second-order valence-corrected chi connectivity index (χ2v) is 3.16. The van der Waals surface area contributed by atoms with Gasteiger partial charge in [0.25, 0.3) is 0 Å². The minimum Gasteiger partial charge on any atom is -0.453 e. The number of hydrogen-bond donors (Lipinski definition) is 1. The number of rotatable bonds is 3. The molecule has 2 N–H and O–H groups in total. The molecule has 0 saturated carbocycles. The SMILES string of the molecule is Cl.N[C@@H](CC(F)F)c1ccc(Br)o1. The average molecular weight is 277 g/mol. The van der Waals surface area contributed by atoms with E-state index in [-0.39, 0.29) is 18.8 Å². The Morgan fingerprint density at radius 1 is 1.46 bits per heavy atom. The third-order valence-corrected chi connectivity index (χ3v) is 1.82. The molecule has 1 aromatic rings. The summed E-state index contributed by atoms with van der Waals surface area (Å²) in [5.41, 5.74) is 5.41. The van der Waals surface area contributed by atoms with Gasteiger partial charge in [-0.1, -0.05) is 0 Å². The summed E-state index contributed by atoms with van der Waals surface area (Å²) >= 11 is 3.06. The zero-order valence-electron chi connectivity index (χ0n) is 6.54.